The van der Waals surface area contributed by atoms with Crippen LogP contribution < -0.4 is 5.73 Å². The van der Waals surface area contributed by atoms with Crippen molar-refractivity contribution in [2.24, 2.45) is 5.73 Å². The van der Waals surface area contributed by atoms with E-state index in [0.717, 1.165) is 17.7 Å². The van der Waals surface area contributed by atoms with Crippen LogP contribution in [-0.4, -0.2) is 0 Å². The van der Waals surface area contributed by atoms with Gasteiger partial charge in [-0.25, -0.2) is 8.78 Å². The molecule has 0 fully saturated rings. The first-order chi connectivity index (χ1) is 8.08. The fourth-order valence-electron chi connectivity index (χ4n) is 1.78. The second kappa shape index (κ2) is 4.67. The average molecular weight is 237 g/mol. The highest BCUT2D eigenvalue weighted by Gasteiger charge is 2.14. The van der Waals surface area contributed by atoms with Crippen LogP contribution in [-0.2, 0) is 6.42 Å². The van der Waals surface area contributed by atoms with Crippen LogP contribution in [0, 0.1) is 18.6 Å². The molecule has 1 atom stereocenters. The normalized spacial score (nSPS) is 12.7. The van der Waals surface area contributed by atoms with E-state index in [-0.39, 0.29) is 6.04 Å². The Hall–Kier alpha value is -1.68. The number of furan rings is 1. The van der Waals surface area contributed by atoms with E-state index < -0.39 is 11.6 Å². The zero-order valence-corrected chi connectivity index (χ0v) is 9.41. The fourth-order valence-corrected chi connectivity index (χ4v) is 1.78. The van der Waals surface area contributed by atoms with E-state index in [1.54, 1.807) is 6.26 Å². The summed E-state index contributed by atoms with van der Waals surface area (Å²) in [6, 6.07) is 5.26. The molecule has 0 aliphatic rings. The Morgan fingerprint density at radius 1 is 1.24 bits per heavy atom. The molecule has 17 heavy (non-hydrogen) atoms. The van der Waals surface area contributed by atoms with E-state index in [9.17, 15) is 8.78 Å². The van der Waals surface area contributed by atoms with E-state index >= 15 is 0 Å². The summed E-state index contributed by atoms with van der Waals surface area (Å²) in [5.74, 6) is -1.03. The smallest absolute Gasteiger partial charge is 0.159 e. The van der Waals surface area contributed by atoms with Gasteiger partial charge in [0.2, 0.25) is 0 Å². The Bertz CT molecular complexity index is 522. The molecule has 1 aromatic heterocycles. The van der Waals surface area contributed by atoms with Gasteiger partial charge in [-0.2, -0.15) is 0 Å². The molecule has 0 bridgehead atoms. The zero-order chi connectivity index (χ0) is 12.4. The number of halogens is 2. The number of nitrogens with two attached hydrogens (primary N) is 1. The number of hydrogen-bond acceptors (Lipinski definition) is 2. The summed E-state index contributed by atoms with van der Waals surface area (Å²) in [6.07, 6.45) is 1.97. The molecule has 2 nitrogen and oxygen atoms in total. The summed E-state index contributed by atoms with van der Waals surface area (Å²) in [6.45, 7) is 1.89. The monoisotopic (exact) mass is 237 g/mol. The summed E-state index contributed by atoms with van der Waals surface area (Å²) in [5, 5.41) is 0. The topological polar surface area (TPSA) is 39.2 Å². The average Bonchev–Trinajstić information content (AvgIpc) is 2.70. The number of benzene rings is 1. The fraction of sp³-hybridized carbons (Fsp3) is 0.231. The van der Waals surface area contributed by atoms with Crippen LogP contribution in [0.1, 0.15) is 22.9 Å². The third-order valence-corrected chi connectivity index (χ3v) is 2.68. The Labute approximate surface area is 98.0 Å². The third kappa shape index (κ3) is 2.53. The Kier molecular flexibility index (Phi) is 3.24. The zero-order valence-electron chi connectivity index (χ0n) is 9.41. The molecule has 0 aliphatic carbocycles. The summed E-state index contributed by atoms with van der Waals surface area (Å²) >= 11 is 0. The highest BCUT2D eigenvalue weighted by atomic mass is 19.2. The highest BCUT2D eigenvalue weighted by molar-refractivity contribution is 5.23. The second-order valence-electron chi connectivity index (χ2n) is 4.03. The maximum atomic E-state index is 13.0. The lowest BCUT2D eigenvalue weighted by Gasteiger charge is -2.10. The first-order valence-electron chi connectivity index (χ1n) is 5.31. The Morgan fingerprint density at radius 3 is 2.59 bits per heavy atom. The lowest BCUT2D eigenvalue weighted by Crippen LogP contribution is -2.13. The largest absolute Gasteiger partial charge is 0.467 e. The second-order valence-corrected chi connectivity index (χ2v) is 4.03. The number of hydrogen-bond donors (Lipinski definition) is 1. The predicted octanol–water partition coefficient (Wildman–Crippen LogP) is 3.11. The van der Waals surface area contributed by atoms with Crippen LogP contribution in [0.25, 0.3) is 0 Å². The summed E-state index contributed by atoms with van der Waals surface area (Å²) in [5.41, 5.74) is 7.55. The van der Waals surface area contributed by atoms with Gasteiger partial charge in [-0.15, -0.1) is 0 Å². The Balaban J connectivity index is 2.16. The van der Waals surface area contributed by atoms with Crippen molar-refractivity contribution in [2.45, 2.75) is 19.4 Å². The van der Waals surface area contributed by atoms with Crippen molar-refractivity contribution < 1.29 is 13.2 Å². The van der Waals surface area contributed by atoms with Crippen molar-refractivity contribution in [3.8, 4) is 0 Å². The highest BCUT2D eigenvalue weighted by Crippen LogP contribution is 2.21. The quantitative estimate of drug-likeness (QED) is 0.890. The van der Waals surface area contributed by atoms with Crippen LogP contribution in [0.3, 0.4) is 0 Å². The first kappa shape index (κ1) is 11.8. The molecule has 90 valence electrons. The van der Waals surface area contributed by atoms with E-state index in [2.05, 4.69) is 0 Å². The minimum atomic E-state index is -0.856. The van der Waals surface area contributed by atoms with Crippen LogP contribution in [0.15, 0.2) is 34.9 Å². The van der Waals surface area contributed by atoms with Crippen molar-refractivity contribution in [1.82, 2.24) is 0 Å². The predicted molar refractivity (Wildman–Crippen MR) is 60.4 cm³/mol. The molecule has 0 aliphatic heterocycles. The van der Waals surface area contributed by atoms with Gasteiger partial charge >= 0.3 is 0 Å². The molecule has 0 amide bonds. The van der Waals surface area contributed by atoms with E-state index in [4.69, 9.17) is 10.2 Å². The number of rotatable bonds is 3. The van der Waals surface area contributed by atoms with E-state index in [1.807, 2.05) is 13.0 Å². The first-order valence-corrected chi connectivity index (χ1v) is 5.31. The molecule has 2 N–H and O–H groups in total. The van der Waals surface area contributed by atoms with Crippen LogP contribution >= 0.6 is 0 Å². The number of aryl methyl sites for hydroxylation is 1. The molecule has 0 spiro atoms. The lowest BCUT2D eigenvalue weighted by atomic mass is 10.0. The molecule has 0 saturated carbocycles. The van der Waals surface area contributed by atoms with Gasteiger partial charge in [0.1, 0.15) is 5.76 Å². The van der Waals surface area contributed by atoms with Gasteiger partial charge in [-0.3, -0.25) is 0 Å². The maximum Gasteiger partial charge on any atom is 0.159 e. The molecule has 1 unspecified atom stereocenters. The summed E-state index contributed by atoms with van der Waals surface area (Å²) in [4.78, 5) is 0. The lowest BCUT2D eigenvalue weighted by molar-refractivity contribution is 0.460. The minimum Gasteiger partial charge on any atom is -0.467 e. The molecule has 0 radical (unpaired) electrons. The third-order valence-electron chi connectivity index (χ3n) is 2.68. The molecule has 2 rings (SSSR count). The van der Waals surface area contributed by atoms with Crippen LogP contribution in [0.2, 0.25) is 0 Å². The van der Waals surface area contributed by atoms with E-state index in [0.29, 0.717) is 17.7 Å². The van der Waals surface area contributed by atoms with Gasteiger partial charge in [0.05, 0.1) is 12.3 Å². The molecule has 4 heteroatoms. The molecular weight excluding hydrogens is 224 g/mol. The van der Waals surface area contributed by atoms with Crippen molar-refractivity contribution in [1.29, 1.82) is 0 Å². The summed E-state index contributed by atoms with van der Waals surface area (Å²) < 4.78 is 31.0. The van der Waals surface area contributed by atoms with E-state index in [1.165, 1.54) is 6.07 Å². The summed E-state index contributed by atoms with van der Waals surface area (Å²) in [7, 11) is 0. The SMILES string of the molecule is Cc1ccoc1C(N)Cc1ccc(F)c(F)c1. The molecule has 1 heterocycles. The van der Waals surface area contributed by atoms with Gasteiger partial charge in [0.25, 0.3) is 0 Å². The molecular formula is C13H13F2NO. The van der Waals surface area contributed by atoms with Crippen LogP contribution in [0.4, 0.5) is 8.78 Å². The molecule has 2 aromatic rings. The van der Waals surface area contributed by atoms with Gasteiger partial charge < -0.3 is 10.2 Å². The minimum absolute atomic E-state index is 0.352. The Morgan fingerprint density at radius 2 is 2.00 bits per heavy atom. The van der Waals surface area contributed by atoms with Crippen molar-refractivity contribution in [3.63, 3.8) is 0 Å². The van der Waals surface area contributed by atoms with Gasteiger partial charge in [0, 0.05) is 0 Å². The van der Waals surface area contributed by atoms with Gasteiger partial charge in [-0.1, -0.05) is 6.07 Å². The van der Waals surface area contributed by atoms with Crippen molar-refractivity contribution >= 4 is 0 Å². The standard InChI is InChI=1S/C13H13F2NO/c1-8-4-5-17-13(8)12(16)7-9-2-3-10(14)11(15)6-9/h2-6,12H,7,16H2,1H3. The molecule has 1 aromatic carbocycles. The van der Waals surface area contributed by atoms with Gasteiger partial charge in [-0.05, 0) is 42.7 Å². The van der Waals surface area contributed by atoms with Crippen molar-refractivity contribution in [3.05, 3.63) is 59.1 Å². The molecule has 0 saturated heterocycles. The van der Waals surface area contributed by atoms with Gasteiger partial charge in [0.15, 0.2) is 11.6 Å². The maximum absolute atomic E-state index is 13.0. The van der Waals surface area contributed by atoms with Crippen molar-refractivity contribution in [2.75, 3.05) is 0 Å². The van der Waals surface area contributed by atoms with Crippen LogP contribution in [0.5, 0.6) is 0 Å².